The lowest BCUT2D eigenvalue weighted by Gasteiger charge is -2.13. The minimum absolute atomic E-state index is 0. The Morgan fingerprint density at radius 1 is 1.00 bits per heavy atom. The predicted molar refractivity (Wildman–Crippen MR) is 126 cm³/mol. The van der Waals surface area contributed by atoms with E-state index in [2.05, 4.69) is 10.3 Å². The lowest BCUT2D eigenvalue weighted by Crippen LogP contribution is -2.30. The van der Waals surface area contributed by atoms with E-state index in [1.54, 1.807) is 50.6 Å². The van der Waals surface area contributed by atoms with Gasteiger partial charge in [-0.1, -0.05) is 12.1 Å². The molecule has 0 atom stereocenters. The zero-order valence-electron chi connectivity index (χ0n) is 16.9. The standard InChI is InChI=1S/C21H24N4O4.HI/c1-28-17-10-9-14(13-18(17)29-2)24-21(22)23-11-5-6-12-25-19(26)15-7-3-4-8-16(15)20(25)27;/h3-4,7-10,13H,5-6,11-12H2,1-2H3,(H3,22,23,24);1H. The molecule has 2 aromatic carbocycles. The zero-order valence-corrected chi connectivity index (χ0v) is 19.2. The van der Waals surface area contributed by atoms with E-state index in [0.29, 0.717) is 48.6 Å². The average Bonchev–Trinajstić information content (AvgIpc) is 2.98. The summed E-state index contributed by atoms with van der Waals surface area (Å²) in [7, 11) is 3.14. The summed E-state index contributed by atoms with van der Waals surface area (Å²) in [5, 5.41) is 3.00. The van der Waals surface area contributed by atoms with Gasteiger partial charge in [0.05, 0.1) is 25.3 Å². The minimum atomic E-state index is -0.233. The monoisotopic (exact) mass is 524 g/mol. The summed E-state index contributed by atoms with van der Waals surface area (Å²) in [4.78, 5) is 30.2. The fourth-order valence-electron chi connectivity index (χ4n) is 3.12. The highest BCUT2D eigenvalue weighted by Crippen LogP contribution is 2.29. The van der Waals surface area contributed by atoms with Crippen LogP contribution in [0.5, 0.6) is 11.5 Å². The molecule has 3 N–H and O–H groups in total. The van der Waals surface area contributed by atoms with E-state index < -0.39 is 0 Å². The van der Waals surface area contributed by atoms with Crippen LogP contribution in [0.3, 0.4) is 0 Å². The maximum Gasteiger partial charge on any atom is 0.261 e. The topological polar surface area (TPSA) is 106 Å². The van der Waals surface area contributed by atoms with Crippen LogP contribution in [0, 0.1) is 0 Å². The normalized spacial score (nSPS) is 13.0. The molecule has 0 bridgehead atoms. The Bertz CT molecular complexity index is 913. The highest BCUT2D eigenvalue weighted by atomic mass is 127. The first kappa shape index (κ1) is 23.5. The van der Waals surface area contributed by atoms with Gasteiger partial charge in [-0.2, -0.15) is 0 Å². The number of hydrogen-bond acceptors (Lipinski definition) is 5. The zero-order chi connectivity index (χ0) is 20.8. The van der Waals surface area contributed by atoms with Crippen LogP contribution in [-0.4, -0.2) is 50.0 Å². The number of ether oxygens (including phenoxy) is 2. The minimum Gasteiger partial charge on any atom is -0.493 e. The van der Waals surface area contributed by atoms with Gasteiger partial charge in [-0.25, -0.2) is 0 Å². The molecule has 2 aromatic rings. The molecule has 0 aliphatic carbocycles. The van der Waals surface area contributed by atoms with Crippen molar-refractivity contribution in [1.82, 2.24) is 4.90 Å². The molecule has 9 heteroatoms. The number of carbonyl (C=O) groups is 2. The molecule has 8 nitrogen and oxygen atoms in total. The lowest BCUT2D eigenvalue weighted by molar-refractivity contribution is 0.0652. The molecule has 2 amide bonds. The Morgan fingerprint density at radius 2 is 1.63 bits per heavy atom. The number of unbranched alkanes of at least 4 members (excludes halogenated alkanes) is 1. The Hall–Kier alpha value is -2.82. The van der Waals surface area contributed by atoms with Gasteiger partial charge in [0.1, 0.15) is 0 Å². The molecular formula is C21H25IN4O4. The Kier molecular flexibility index (Phi) is 8.46. The third kappa shape index (κ3) is 5.21. The third-order valence-corrected chi connectivity index (χ3v) is 4.61. The van der Waals surface area contributed by atoms with E-state index in [1.807, 2.05) is 6.07 Å². The molecule has 0 radical (unpaired) electrons. The number of aliphatic imine (C=N–C) groups is 1. The van der Waals surface area contributed by atoms with Gasteiger partial charge < -0.3 is 20.5 Å². The number of methoxy groups -OCH3 is 2. The molecule has 3 rings (SSSR count). The molecule has 30 heavy (non-hydrogen) atoms. The maximum atomic E-state index is 12.3. The second kappa shape index (κ2) is 10.8. The van der Waals surface area contributed by atoms with Crippen LogP contribution in [0.4, 0.5) is 5.69 Å². The highest BCUT2D eigenvalue weighted by Gasteiger charge is 2.34. The van der Waals surface area contributed by atoms with Gasteiger partial charge in [-0.05, 0) is 37.1 Å². The fourth-order valence-corrected chi connectivity index (χ4v) is 3.12. The van der Waals surface area contributed by atoms with Gasteiger partial charge >= 0.3 is 0 Å². The van der Waals surface area contributed by atoms with Crippen LogP contribution in [0.1, 0.15) is 33.6 Å². The Labute approximate surface area is 192 Å². The molecule has 0 aromatic heterocycles. The van der Waals surface area contributed by atoms with Crippen LogP contribution in [0.2, 0.25) is 0 Å². The van der Waals surface area contributed by atoms with Crippen molar-refractivity contribution in [2.24, 2.45) is 10.7 Å². The van der Waals surface area contributed by atoms with Crippen LogP contribution < -0.4 is 20.5 Å². The molecule has 0 saturated heterocycles. The summed E-state index contributed by atoms with van der Waals surface area (Å²) in [5.41, 5.74) is 7.60. The van der Waals surface area contributed by atoms with Crippen LogP contribution >= 0.6 is 24.0 Å². The lowest BCUT2D eigenvalue weighted by atomic mass is 10.1. The van der Waals surface area contributed by atoms with Gasteiger partial charge in [0.2, 0.25) is 0 Å². The number of guanidine groups is 1. The summed E-state index contributed by atoms with van der Waals surface area (Å²) < 4.78 is 10.5. The van der Waals surface area contributed by atoms with E-state index >= 15 is 0 Å². The molecule has 0 fully saturated rings. The van der Waals surface area contributed by atoms with Gasteiger partial charge in [-0.15, -0.1) is 24.0 Å². The van der Waals surface area contributed by atoms with E-state index in [9.17, 15) is 9.59 Å². The number of carbonyl (C=O) groups excluding carboxylic acids is 2. The summed E-state index contributed by atoms with van der Waals surface area (Å²) in [6, 6.07) is 12.2. The first-order valence-electron chi connectivity index (χ1n) is 9.29. The summed E-state index contributed by atoms with van der Waals surface area (Å²) >= 11 is 0. The summed E-state index contributed by atoms with van der Waals surface area (Å²) in [5.74, 6) is 1.03. The van der Waals surface area contributed by atoms with E-state index in [1.165, 1.54) is 4.90 Å². The molecule has 1 heterocycles. The molecular weight excluding hydrogens is 499 g/mol. The van der Waals surface area contributed by atoms with Gasteiger partial charge in [0, 0.05) is 24.8 Å². The molecule has 1 aliphatic rings. The Balaban J connectivity index is 0.00000320. The van der Waals surface area contributed by atoms with Gasteiger partial charge in [0.25, 0.3) is 11.8 Å². The number of hydrogen-bond donors (Lipinski definition) is 2. The number of benzene rings is 2. The molecule has 160 valence electrons. The third-order valence-electron chi connectivity index (χ3n) is 4.61. The van der Waals surface area contributed by atoms with E-state index in [0.717, 1.165) is 5.69 Å². The maximum absolute atomic E-state index is 12.3. The number of amides is 2. The van der Waals surface area contributed by atoms with Crippen LogP contribution in [0.25, 0.3) is 0 Å². The number of fused-ring (bicyclic) bond motifs is 1. The number of imide groups is 1. The second-order valence-corrected chi connectivity index (χ2v) is 6.48. The summed E-state index contributed by atoms with van der Waals surface area (Å²) in [6.45, 7) is 0.847. The first-order chi connectivity index (χ1) is 14.0. The first-order valence-corrected chi connectivity index (χ1v) is 9.29. The fraction of sp³-hybridized carbons (Fsp3) is 0.286. The summed E-state index contributed by atoms with van der Waals surface area (Å²) in [6.07, 6.45) is 1.35. The number of nitrogens with zero attached hydrogens (tertiary/aromatic N) is 2. The van der Waals surface area contributed by atoms with Crippen molar-refractivity contribution in [2.75, 3.05) is 32.6 Å². The molecule has 0 unspecified atom stereocenters. The smallest absolute Gasteiger partial charge is 0.261 e. The van der Waals surface area contributed by atoms with Crippen molar-refractivity contribution in [3.8, 4) is 11.5 Å². The predicted octanol–water partition coefficient (Wildman–Crippen LogP) is 3.12. The van der Waals surface area contributed by atoms with Crippen molar-refractivity contribution in [3.05, 3.63) is 53.6 Å². The van der Waals surface area contributed by atoms with Crippen molar-refractivity contribution < 1.29 is 19.1 Å². The number of halogens is 1. The van der Waals surface area contributed by atoms with Crippen molar-refractivity contribution in [2.45, 2.75) is 12.8 Å². The number of nitrogens with one attached hydrogen (secondary N) is 1. The van der Waals surface area contributed by atoms with Crippen LogP contribution in [0.15, 0.2) is 47.5 Å². The van der Waals surface area contributed by atoms with Crippen molar-refractivity contribution >= 4 is 47.4 Å². The second-order valence-electron chi connectivity index (χ2n) is 6.48. The van der Waals surface area contributed by atoms with Crippen LogP contribution in [-0.2, 0) is 0 Å². The largest absolute Gasteiger partial charge is 0.493 e. The van der Waals surface area contributed by atoms with Gasteiger partial charge in [0.15, 0.2) is 17.5 Å². The number of rotatable bonds is 8. The molecule has 1 aliphatic heterocycles. The Morgan fingerprint density at radius 3 is 2.23 bits per heavy atom. The van der Waals surface area contributed by atoms with E-state index in [4.69, 9.17) is 15.2 Å². The average molecular weight is 524 g/mol. The SMILES string of the molecule is COc1ccc(NC(N)=NCCCCN2C(=O)c3ccccc3C2=O)cc1OC.I. The molecule has 0 saturated carbocycles. The van der Waals surface area contributed by atoms with Crippen molar-refractivity contribution in [3.63, 3.8) is 0 Å². The highest BCUT2D eigenvalue weighted by molar-refractivity contribution is 14.0. The number of anilines is 1. The quantitative estimate of drug-likeness (QED) is 0.181. The molecule has 0 spiro atoms. The van der Waals surface area contributed by atoms with Gasteiger partial charge in [-0.3, -0.25) is 19.5 Å². The number of nitrogens with two attached hydrogens (primary N) is 1. The van der Waals surface area contributed by atoms with E-state index in [-0.39, 0.29) is 41.8 Å². The van der Waals surface area contributed by atoms with Crippen molar-refractivity contribution in [1.29, 1.82) is 0 Å².